The van der Waals surface area contributed by atoms with E-state index in [2.05, 4.69) is 72.4 Å². The van der Waals surface area contributed by atoms with E-state index in [4.69, 9.17) is 10.9 Å². The Morgan fingerprint density at radius 3 is 2.27 bits per heavy atom. The van der Waals surface area contributed by atoms with Gasteiger partial charge in [0.25, 0.3) is 0 Å². The number of hydrogen-bond donors (Lipinski definition) is 3. The number of carbonyl (C=O) groups is 1. The van der Waals surface area contributed by atoms with Gasteiger partial charge in [0.1, 0.15) is 5.69 Å². The van der Waals surface area contributed by atoms with Crippen molar-refractivity contribution in [3.63, 3.8) is 0 Å². The predicted molar refractivity (Wildman–Crippen MR) is 105 cm³/mol. The third kappa shape index (κ3) is 5.12. The molecule has 0 radical (unpaired) electrons. The van der Waals surface area contributed by atoms with Crippen LogP contribution < -0.4 is 16.1 Å². The van der Waals surface area contributed by atoms with Gasteiger partial charge in [-0.1, -0.05) is 48.5 Å². The summed E-state index contributed by atoms with van der Waals surface area (Å²) in [6, 6.07) is 21.4. The van der Waals surface area contributed by atoms with Gasteiger partial charge in [-0.25, -0.2) is 5.90 Å². The van der Waals surface area contributed by atoms with Crippen LogP contribution in [0.2, 0.25) is 0 Å². The molecule has 2 atom stereocenters. The second-order valence-electron chi connectivity index (χ2n) is 6.92. The van der Waals surface area contributed by atoms with Gasteiger partial charge in [-0.2, -0.15) is 0 Å². The molecule has 2 unspecified atom stereocenters. The number of nitrogens with two attached hydrogens (primary N) is 2. The Morgan fingerprint density at radius 2 is 1.69 bits per heavy atom. The first kappa shape index (κ1) is 20.1. The number of rotatable bonds is 5. The Kier molecular flexibility index (Phi) is 7.29. The molecular formula is C20H29N4O2+. The molecular weight excluding hydrogens is 328 g/mol. The second-order valence-corrected chi connectivity index (χ2v) is 6.92. The van der Waals surface area contributed by atoms with E-state index in [1.54, 1.807) is 0 Å². The number of benzene rings is 2. The minimum absolute atomic E-state index is 0.246. The van der Waals surface area contributed by atoms with Crippen molar-refractivity contribution >= 4 is 11.6 Å². The number of para-hydroxylation sites is 1. The first-order valence-corrected chi connectivity index (χ1v) is 8.79. The summed E-state index contributed by atoms with van der Waals surface area (Å²) in [5.41, 5.74) is 8.10. The van der Waals surface area contributed by atoms with Crippen molar-refractivity contribution in [3.8, 4) is 0 Å². The maximum absolute atomic E-state index is 11.5. The summed E-state index contributed by atoms with van der Waals surface area (Å²) in [7, 11) is 2.29. The fourth-order valence-corrected chi connectivity index (χ4v) is 3.71. The lowest BCUT2D eigenvalue weighted by Crippen LogP contribution is -2.64. The topological polar surface area (TPSA) is 92.6 Å². The number of carbonyl (C=O) groups excluding carboxylic acids is 1. The van der Waals surface area contributed by atoms with E-state index in [-0.39, 0.29) is 5.91 Å². The molecule has 1 amide bonds. The molecule has 0 saturated carbocycles. The lowest BCUT2D eigenvalue weighted by atomic mass is 10.00. The molecule has 2 aromatic carbocycles. The van der Waals surface area contributed by atoms with Crippen LogP contribution in [0.15, 0.2) is 60.7 Å². The molecule has 0 aliphatic carbocycles. The molecule has 1 aliphatic rings. The molecule has 0 bridgehead atoms. The van der Waals surface area contributed by atoms with Crippen LogP contribution in [-0.4, -0.2) is 55.3 Å². The van der Waals surface area contributed by atoms with Crippen LogP contribution in [0.5, 0.6) is 0 Å². The van der Waals surface area contributed by atoms with Crippen LogP contribution in [0.1, 0.15) is 5.56 Å². The van der Waals surface area contributed by atoms with Gasteiger partial charge in [-0.05, 0) is 24.1 Å². The number of hydrogen-bond acceptors (Lipinski definition) is 4. The van der Waals surface area contributed by atoms with Gasteiger partial charge in [0, 0.05) is 6.54 Å². The summed E-state index contributed by atoms with van der Waals surface area (Å²) in [5.74, 6) is 3.25. The average Bonchev–Trinajstić information content (AvgIpc) is 2.67. The number of amides is 1. The van der Waals surface area contributed by atoms with Gasteiger partial charge in [-0.15, -0.1) is 0 Å². The Morgan fingerprint density at radius 1 is 1.12 bits per heavy atom. The molecule has 0 spiro atoms. The molecule has 1 heterocycles. The van der Waals surface area contributed by atoms with Crippen molar-refractivity contribution < 1.29 is 10.0 Å². The highest BCUT2D eigenvalue weighted by molar-refractivity contribution is 5.76. The molecule has 6 heteroatoms. The van der Waals surface area contributed by atoms with Gasteiger partial charge in [-0.3, -0.25) is 14.2 Å². The largest absolute Gasteiger partial charge is 0.369 e. The third-order valence-electron chi connectivity index (χ3n) is 5.06. The zero-order valence-corrected chi connectivity index (χ0v) is 15.3. The molecule has 1 aliphatic heterocycles. The highest BCUT2D eigenvalue weighted by atomic mass is 16.4. The molecule has 6 nitrogen and oxygen atoms in total. The molecule has 2 aromatic rings. The normalized spacial score (nSPS) is 23.0. The van der Waals surface area contributed by atoms with Crippen LogP contribution in [0.25, 0.3) is 0 Å². The monoisotopic (exact) mass is 357 g/mol. The highest BCUT2D eigenvalue weighted by Crippen LogP contribution is 2.26. The van der Waals surface area contributed by atoms with E-state index in [0.29, 0.717) is 12.6 Å². The quantitative estimate of drug-likeness (QED) is 0.557. The minimum atomic E-state index is -0.246. The van der Waals surface area contributed by atoms with E-state index < -0.39 is 0 Å². The molecule has 0 aromatic heterocycles. The van der Waals surface area contributed by atoms with Gasteiger partial charge in [0.2, 0.25) is 5.91 Å². The molecule has 5 N–H and O–H groups in total. The van der Waals surface area contributed by atoms with Crippen molar-refractivity contribution in [2.45, 2.75) is 12.5 Å². The van der Waals surface area contributed by atoms with Crippen molar-refractivity contribution in [3.05, 3.63) is 66.2 Å². The fourth-order valence-electron chi connectivity index (χ4n) is 3.71. The number of primary amides is 1. The van der Waals surface area contributed by atoms with Crippen LogP contribution in [0, 0.1) is 0 Å². The van der Waals surface area contributed by atoms with Gasteiger partial charge in [0.15, 0.2) is 0 Å². The average molecular weight is 357 g/mol. The smallest absolute Gasteiger partial charge is 0.231 e. The summed E-state index contributed by atoms with van der Waals surface area (Å²) in [5, 5.41) is 6.50. The van der Waals surface area contributed by atoms with Crippen LogP contribution in [0.3, 0.4) is 0 Å². The summed E-state index contributed by atoms with van der Waals surface area (Å²) < 4.78 is 0.896. The zero-order chi connectivity index (χ0) is 19.0. The SMILES string of the molecule is C[N+]1(c2ccccc2)CCN(CC(N)=O)C(Cc2ccccc2)C1.NO. The number of piperazine rings is 1. The second kappa shape index (κ2) is 9.45. The Labute approximate surface area is 155 Å². The highest BCUT2D eigenvalue weighted by Gasteiger charge is 2.38. The minimum Gasteiger partial charge on any atom is -0.369 e. The Hall–Kier alpha value is -2.25. The Balaban J connectivity index is 0.00000117. The standard InChI is InChI=1S/C20H25N3O.H3NO/c1-23(19-10-6-3-7-11-19)13-12-22(15-20(21)24)18(16-23)14-17-8-4-2-5-9-17;1-2/h2-11,18H,12-16H2,1H3,(H-,21,24);2H,1H2/p+1. The number of quaternary nitrogens is 1. The van der Waals surface area contributed by atoms with E-state index in [0.717, 1.165) is 30.5 Å². The van der Waals surface area contributed by atoms with Crippen LogP contribution >= 0.6 is 0 Å². The lowest BCUT2D eigenvalue weighted by Gasteiger charge is -2.46. The summed E-state index contributed by atoms with van der Waals surface area (Å²) in [6.45, 7) is 3.19. The van der Waals surface area contributed by atoms with Crippen LogP contribution in [0.4, 0.5) is 5.69 Å². The zero-order valence-electron chi connectivity index (χ0n) is 15.3. The van der Waals surface area contributed by atoms with E-state index in [1.165, 1.54) is 11.3 Å². The number of likely N-dealkylation sites (N-methyl/N-ethyl adjacent to an activating group) is 1. The van der Waals surface area contributed by atoms with E-state index in [1.807, 2.05) is 6.07 Å². The van der Waals surface area contributed by atoms with Crippen molar-refractivity contribution in [2.24, 2.45) is 11.6 Å². The molecule has 3 rings (SSSR count). The summed E-state index contributed by atoms with van der Waals surface area (Å²) in [6.07, 6.45) is 0.939. The van der Waals surface area contributed by atoms with Crippen molar-refractivity contribution in [1.29, 1.82) is 0 Å². The van der Waals surface area contributed by atoms with Gasteiger partial charge >= 0.3 is 0 Å². The van der Waals surface area contributed by atoms with Gasteiger partial charge < -0.3 is 10.9 Å². The van der Waals surface area contributed by atoms with Crippen LogP contribution in [-0.2, 0) is 11.2 Å². The first-order chi connectivity index (χ1) is 12.6. The van der Waals surface area contributed by atoms with Gasteiger partial charge in [0.05, 0.1) is 32.7 Å². The lowest BCUT2D eigenvalue weighted by molar-refractivity contribution is -0.120. The fraction of sp³-hybridized carbons (Fsp3) is 0.350. The Bertz CT molecular complexity index is 681. The third-order valence-corrected chi connectivity index (χ3v) is 5.06. The summed E-state index contributed by atoms with van der Waals surface area (Å²) >= 11 is 0. The maximum atomic E-state index is 11.5. The molecule has 140 valence electrons. The van der Waals surface area contributed by atoms with E-state index in [9.17, 15) is 4.79 Å². The maximum Gasteiger partial charge on any atom is 0.231 e. The number of nitrogens with zero attached hydrogens (tertiary/aromatic N) is 2. The van der Waals surface area contributed by atoms with Crippen molar-refractivity contribution in [2.75, 3.05) is 33.2 Å². The molecule has 1 saturated heterocycles. The predicted octanol–water partition coefficient (Wildman–Crippen LogP) is 1.37. The molecule has 26 heavy (non-hydrogen) atoms. The molecule has 1 fully saturated rings. The van der Waals surface area contributed by atoms with E-state index >= 15 is 0 Å². The first-order valence-electron chi connectivity index (χ1n) is 8.79. The summed E-state index contributed by atoms with van der Waals surface area (Å²) in [4.78, 5) is 13.7. The van der Waals surface area contributed by atoms with Crippen molar-refractivity contribution in [1.82, 2.24) is 9.38 Å².